The molecule has 0 unspecified atom stereocenters. The van der Waals surface area contributed by atoms with Gasteiger partial charge in [-0.25, -0.2) is 4.79 Å². The summed E-state index contributed by atoms with van der Waals surface area (Å²) in [5, 5.41) is 9.90. The van der Waals surface area contributed by atoms with Crippen LogP contribution in [-0.2, 0) is 4.79 Å². The molecule has 0 saturated carbocycles. The van der Waals surface area contributed by atoms with Crippen LogP contribution in [0.5, 0.6) is 0 Å². The largest absolute Gasteiger partial charge is 0.478 e. The summed E-state index contributed by atoms with van der Waals surface area (Å²) < 4.78 is 0. The Labute approximate surface area is 127 Å². The maximum absolute atomic E-state index is 11.1. The van der Waals surface area contributed by atoms with Gasteiger partial charge in [-0.15, -0.1) is 0 Å². The van der Waals surface area contributed by atoms with Gasteiger partial charge in [-0.3, -0.25) is 0 Å². The number of carboxylic acids is 1. The number of carboxylic acid groups (broad SMARTS) is 1. The summed E-state index contributed by atoms with van der Waals surface area (Å²) in [5.74, 6) is -1.01. The fourth-order valence-corrected chi connectivity index (χ4v) is 2.23. The number of carbonyl (C=O) groups is 1. The van der Waals surface area contributed by atoms with Gasteiger partial charge in [0.15, 0.2) is 0 Å². The minimum absolute atomic E-state index is 0.396. The molecule has 20 heavy (non-hydrogen) atoms. The molecule has 0 aliphatic carbocycles. The van der Waals surface area contributed by atoms with E-state index in [-0.39, 0.29) is 0 Å². The van der Waals surface area contributed by atoms with Gasteiger partial charge in [0.25, 0.3) is 0 Å². The van der Waals surface area contributed by atoms with E-state index in [1.165, 1.54) is 6.08 Å². The number of hydrogen-bond donors (Lipinski definition) is 1. The van der Waals surface area contributed by atoms with Crippen molar-refractivity contribution in [1.82, 2.24) is 0 Å². The molecule has 0 fully saturated rings. The molecule has 1 N–H and O–H groups in total. The van der Waals surface area contributed by atoms with Crippen molar-refractivity contribution in [3.63, 3.8) is 0 Å². The SMILES string of the molecule is Cc1cccc(/C(=C/C(=O)O)c2ccc(Cl)c(Cl)c2)c1. The van der Waals surface area contributed by atoms with Crippen LogP contribution in [0.15, 0.2) is 48.5 Å². The smallest absolute Gasteiger partial charge is 0.328 e. The first-order valence-corrected chi connectivity index (χ1v) is 6.70. The standard InChI is InChI=1S/C16H12Cl2O2/c1-10-3-2-4-11(7-10)13(9-16(19)20)12-5-6-14(17)15(18)8-12/h2-9H,1H3,(H,19,20)/b13-9-. The second-order valence-corrected chi connectivity index (χ2v) is 5.21. The monoisotopic (exact) mass is 306 g/mol. The Morgan fingerprint density at radius 1 is 1.05 bits per heavy atom. The van der Waals surface area contributed by atoms with Gasteiger partial charge in [-0.05, 0) is 35.8 Å². The molecule has 0 atom stereocenters. The van der Waals surface area contributed by atoms with Crippen LogP contribution in [0, 0.1) is 6.92 Å². The van der Waals surface area contributed by atoms with E-state index >= 15 is 0 Å². The molecule has 0 spiro atoms. The summed E-state index contributed by atoms with van der Waals surface area (Å²) in [5.41, 5.74) is 3.19. The van der Waals surface area contributed by atoms with Gasteiger partial charge < -0.3 is 5.11 Å². The fourth-order valence-electron chi connectivity index (χ4n) is 1.93. The summed E-state index contributed by atoms with van der Waals surface area (Å²) in [7, 11) is 0. The lowest BCUT2D eigenvalue weighted by Crippen LogP contribution is -1.95. The van der Waals surface area contributed by atoms with E-state index in [0.29, 0.717) is 21.2 Å². The van der Waals surface area contributed by atoms with E-state index < -0.39 is 5.97 Å². The summed E-state index contributed by atoms with van der Waals surface area (Å²) >= 11 is 11.9. The Balaban J connectivity index is 2.59. The molecule has 0 saturated heterocycles. The van der Waals surface area contributed by atoms with Gasteiger partial charge >= 0.3 is 5.97 Å². The lowest BCUT2D eigenvalue weighted by atomic mass is 9.96. The first kappa shape index (κ1) is 14.6. The van der Waals surface area contributed by atoms with Crippen LogP contribution < -0.4 is 0 Å². The lowest BCUT2D eigenvalue weighted by molar-refractivity contribution is -0.131. The maximum atomic E-state index is 11.1. The van der Waals surface area contributed by atoms with Gasteiger partial charge in [-0.2, -0.15) is 0 Å². The highest BCUT2D eigenvalue weighted by Crippen LogP contribution is 2.30. The highest BCUT2D eigenvalue weighted by molar-refractivity contribution is 6.42. The zero-order valence-corrected chi connectivity index (χ0v) is 12.2. The van der Waals surface area contributed by atoms with Crippen LogP contribution in [0.2, 0.25) is 10.0 Å². The quantitative estimate of drug-likeness (QED) is 0.826. The normalized spacial score (nSPS) is 11.4. The van der Waals surface area contributed by atoms with Gasteiger partial charge in [0.05, 0.1) is 10.0 Å². The van der Waals surface area contributed by atoms with Crippen molar-refractivity contribution in [2.75, 3.05) is 0 Å². The molecule has 0 heterocycles. The second kappa shape index (κ2) is 6.12. The number of rotatable bonds is 3. The van der Waals surface area contributed by atoms with E-state index in [1.54, 1.807) is 18.2 Å². The van der Waals surface area contributed by atoms with Crippen molar-refractivity contribution in [3.8, 4) is 0 Å². The summed E-state index contributed by atoms with van der Waals surface area (Å²) in [4.78, 5) is 11.1. The van der Waals surface area contributed by atoms with Crippen LogP contribution in [0.1, 0.15) is 16.7 Å². The van der Waals surface area contributed by atoms with Crippen LogP contribution in [0.4, 0.5) is 0 Å². The molecule has 0 bridgehead atoms. The number of aliphatic carboxylic acids is 1. The average Bonchev–Trinajstić information content (AvgIpc) is 2.39. The van der Waals surface area contributed by atoms with Crippen LogP contribution >= 0.6 is 23.2 Å². The first-order chi connectivity index (χ1) is 9.47. The van der Waals surface area contributed by atoms with Crippen LogP contribution in [-0.4, -0.2) is 11.1 Å². The van der Waals surface area contributed by atoms with Crippen molar-refractivity contribution >= 4 is 34.7 Å². The van der Waals surface area contributed by atoms with E-state index in [9.17, 15) is 4.79 Å². The van der Waals surface area contributed by atoms with Crippen molar-refractivity contribution < 1.29 is 9.90 Å². The van der Waals surface area contributed by atoms with Gasteiger partial charge in [-0.1, -0.05) is 59.1 Å². The third kappa shape index (κ3) is 3.41. The van der Waals surface area contributed by atoms with E-state index in [4.69, 9.17) is 28.3 Å². The molecule has 0 radical (unpaired) electrons. The third-order valence-corrected chi connectivity index (χ3v) is 3.57. The topological polar surface area (TPSA) is 37.3 Å². The van der Waals surface area contributed by atoms with E-state index in [2.05, 4.69) is 0 Å². The zero-order chi connectivity index (χ0) is 14.7. The van der Waals surface area contributed by atoms with Crippen molar-refractivity contribution in [1.29, 1.82) is 0 Å². The molecule has 2 aromatic carbocycles. The van der Waals surface area contributed by atoms with Gasteiger partial charge in [0.1, 0.15) is 0 Å². The zero-order valence-electron chi connectivity index (χ0n) is 10.7. The molecule has 0 aliphatic heterocycles. The molecule has 2 rings (SSSR count). The first-order valence-electron chi connectivity index (χ1n) is 5.94. The number of halogens is 2. The van der Waals surface area contributed by atoms with Crippen LogP contribution in [0.25, 0.3) is 5.57 Å². The molecular formula is C16H12Cl2O2. The Kier molecular flexibility index (Phi) is 4.48. The lowest BCUT2D eigenvalue weighted by Gasteiger charge is -2.09. The van der Waals surface area contributed by atoms with Gasteiger partial charge in [0, 0.05) is 6.08 Å². The molecule has 0 aromatic heterocycles. The molecule has 0 amide bonds. The number of benzene rings is 2. The van der Waals surface area contributed by atoms with Crippen molar-refractivity contribution in [2.24, 2.45) is 0 Å². The third-order valence-electron chi connectivity index (χ3n) is 2.83. The molecule has 2 nitrogen and oxygen atoms in total. The minimum atomic E-state index is -1.01. The maximum Gasteiger partial charge on any atom is 0.328 e. The predicted octanol–water partition coefficient (Wildman–Crippen LogP) is 4.82. The second-order valence-electron chi connectivity index (χ2n) is 4.39. The number of hydrogen-bond acceptors (Lipinski definition) is 1. The molecule has 2 aromatic rings. The molecule has 0 aliphatic rings. The molecule has 102 valence electrons. The summed E-state index contributed by atoms with van der Waals surface area (Å²) in [6.07, 6.45) is 1.17. The van der Waals surface area contributed by atoms with E-state index in [0.717, 1.165) is 11.1 Å². The van der Waals surface area contributed by atoms with Crippen molar-refractivity contribution in [3.05, 3.63) is 75.3 Å². The Bertz CT molecular complexity index is 691. The predicted molar refractivity (Wildman–Crippen MR) is 82.4 cm³/mol. The molecular weight excluding hydrogens is 295 g/mol. The average molecular weight is 307 g/mol. The Morgan fingerprint density at radius 2 is 1.75 bits per heavy atom. The van der Waals surface area contributed by atoms with Crippen molar-refractivity contribution in [2.45, 2.75) is 6.92 Å². The fraction of sp³-hybridized carbons (Fsp3) is 0.0625. The highest BCUT2D eigenvalue weighted by Gasteiger charge is 2.09. The molecule has 4 heteroatoms. The van der Waals surface area contributed by atoms with E-state index in [1.807, 2.05) is 31.2 Å². The Hall–Kier alpha value is -1.77. The summed E-state index contributed by atoms with van der Waals surface area (Å²) in [6.45, 7) is 1.96. The highest BCUT2D eigenvalue weighted by atomic mass is 35.5. The minimum Gasteiger partial charge on any atom is -0.478 e. The number of aryl methyl sites for hydroxylation is 1. The summed E-state index contributed by atoms with van der Waals surface area (Å²) in [6, 6.07) is 12.7. The Morgan fingerprint density at radius 3 is 2.35 bits per heavy atom. The van der Waals surface area contributed by atoms with Crippen LogP contribution in [0.3, 0.4) is 0 Å². The van der Waals surface area contributed by atoms with Gasteiger partial charge in [0.2, 0.25) is 0 Å².